The summed E-state index contributed by atoms with van der Waals surface area (Å²) in [5, 5.41) is 5.97. The highest BCUT2D eigenvalue weighted by atomic mass is 15.3. The minimum Gasteiger partial charge on any atom is -0.399 e. The van der Waals surface area contributed by atoms with Gasteiger partial charge in [0.2, 0.25) is 0 Å². The number of hydrogen-bond donors (Lipinski definition) is 2. The maximum atomic E-state index is 6.07. The van der Waals surface area contributed by atoms with E-state index in [-0.39, 0.29) is 0 Å². The SMILES string of the molecule is CCn1cc(-c2ccnc3[nH]c(C4C=CC(CN(C)C)=CC4)cc23)c(-c2cccc(N)c2)n1. The molecule has 0 radical (unpaired) electrons. The van der Waals surface area contributed by atoms with Crippen LogP contribution < -0.4 is 5.73 Å². The van der Waals surface area contributed by atoms with Gasteiger partial charge in [-0.05, 0) is 62.8 Å². The van der Waals surface area contributed by atoms with Gasteiger partial charge in [-0.25, -0.2) is 4.98 Å². The van der Waals surface area contributed by atoms with E-state index in [2.05, 4.69) is 78.5 Å². The van der Waals surface area contributed by atoms with Gasteiger partial charge in [0, 0.05) is 59.3 Å². The molecule has 168 valence electrons. The summed E-state index contributed by atoms with van der Waals surface area (Å²) in [6.07, 6.45) is 11.9. The molecular weight excluding hydrogens is 408 g/mol. The van der Waals surface area contributed by atoms with Crippen LogP contribution in [0.25, 0.3) is 33.4 Å². The monoisotopic (exact) mass is 438 g/mol. The summed E-state index contributed by atoms with van der Waals surface area (Å²) in [7, 11) is 4.20. The summed E-state index contributed by atoms with van der Waals surface area (Å²) in [6.45, 7) is 3.87. The zero-order valence-corrected chi connectivity index (χ0v) is 19.4. The van der Waals surface area contributed by atoms with Crippen molar-refractivity contribution in [1.29, 1.82) is 0 Å². The molecular formula is C27H30N6. The molecule has 0 aliphatic heterocycles. The number of allylic oxidation sites excluding steroid dienone is 2. The van der Waals surface area contributed by atoms with E-state index < -0.39 is 0 Å². The third-order valence-electron chi connectivity index (χ3n) is 6.16. The van der Waals surface area contributed by atoms with Crippen molar-refractivity contribution in [3.05, 3.63) is 78.3 Å². The molecule has 3 aromatic heterocycles. The highest BCUT2D eigenvalue weighted by Crippen LogP contribution is 2.37. The molecule has 1 aliphatic rings. The van der Waals surface area contributed by atoms with Crippen LogP contribution in [0.3, 0.4) is 0 Å². The Labute approximate surface area is 194 Å². The van der Waals surface area contributed by atoms with Gasteiger partial charge in [0.25, 0.3) is 0 Å². The number of benzene rings is 1. The summed E-state index contributed by atoms with van der Waals surface area (Å²) in [6, 6.07) is 12.3. The second kappa shape index (κ2) is 8.71. The van der Waals surface area contributed by atoms with Crippen molar-refractivity contribution in [3.8, 4) is 22.4 Å². The van der Waals surface area contributed by atoms with E-state index in [1.54, 1.807) is 0 Å². The number of likely N-dealkylation sites (N-methyl/N-ethyl adjacent to an activating group) is 1. The molecule has 0 amide bonds. The van der Waals surface area contributed by atoms with E-state index in [1.165, 1.54) is 11.3 Å². The number of rotatable bonds is 6. The number of hydrogen-bond acceptors (Lipinski definition) is 4. The molecule has 0 bridgehead atoms. The van der Waals surface area contributed by atoms with Crippen LogP contribution in [0.2, 0.25) is 0 Å². The lowest BCUT2D eigenvalue weighted by molar-refractivity contribution is 0.447. The number of pyridine rings is 1. The van der Waals surface area contributed by atoms with Crippen molar-refractivity contribution in [1.82, 2.24) is 24.6 Å². The van der Waals surface area contributed by atoms with E-state index >= 15 is 0 Å². The highest BCUT2D eigenvalue weighted by molar-refractivity contribution is 5.97. The van der Waals surface area contributed by atoms with E-state index in [0.717, 1.165) is 58.6 Å². The second-order valence-electron chi connectivity index (χ2n) is 8.94. The average molecular weight is 439 g/mol. The minimum absolute atomic E-state index is 0.324. The Balaban J connectivity index is 1.55. The molecule has 1 unspecified atom stereocenters. The van der Waals surface area contributed by atoms with Crippen LogP contribution in [-0.4, -0.2) is 45.3 Å². The molecule has 0 fully saturated rings. The quantitative estimate of drug-likeness (QED) is 0.404. The molecule has 0 saturated heterocycles. The predicted octanol–water partition coefficient (Wildman–Crippen LogP) is 5.23. The van der Waals surface area contributed by atoms with Crippen LogP contribution in [-0.2, 0) is 6.54 Å². The van der Waals surface area contributed by atoms with Crippen LogP contribution in [0.4, 0.5) is 5.69 Å². The standard InChI is InChI=1S/C27H30N6/c1-4-33-17-24(26(31-33)20-6-5-7-21(28)14-20)22-12-13-29-27-23(22)15-25(30-27)19-10-8-18(9-11-19)16-32(2)3/h5-10,12-15,17,19H,4,11,16,28H2,1-3H3,(H,29,30). The first-order valence-corrected chi connectivity index (χ1v) is 11.4. The van der Waals surface area contributed by atoms with Gasteiger partial charge < -0.3 is 15.6 Å². The lowest BCUT2D eigenvalue weighted by atomic mass is 9.93. The topological polar surface area (TPSA) is 75.8 Å². The third kappa shape index (κ3) is 4.22. The Kier molecular flexibility index (Phi) is 5.60. The zero-order valence-electron chi connectivity index (χ0n) is 19.4. The number of nitrogens with one attached hydrogen (secondary N) is 1. The van der Waals surface area contributed by atoms with Gasteiger partial charge in [0.15, 0.2) is 0 Å². The number of nitrogen functional groups attached to an aromatic ring is 1. The summed E-state index contributed by atoms with van der Waals surface area (Å²) < 4.78 is 1.98. The number of anilines is 1. The zero-order chi connectivity index (χ0) is 22.9. The molecule has 1 atom stereocenters. The van der Waals surface area contributed by atoms with Crippen LogP contribution in [0.1, 0.15) is 25.0 Å². The van der Waals surface area contributed by atoms with Gasteiger partial charge in [-0.2, -0.15) is 5.10 Å². The number of H-pyrrole nitrogens is 1. The summed E-state index contributed by atoms with van der Waals surface area (Å²) >= 11 is 0. The molecule has 1 aromatic carbocycles. The maximum absolute atomic E-state index is 6.07. The smallest absolute Gasteiger partial charge is 0.138 e. The van der Waals surface area contributed by atoms with Crippen molar-refractivity contribution in [3.63, 3.8) is 0 Å². The highest BCUT2D eigenvalue weighted by Gasteiger charge is 2.19. The Morgan fingerprint density at radius 1 is 1.18 bits per heavy atom. The van der Waals surface area contributed by atoms with Crippen molar-refractivity contribution < 1.29 is 0 Å². The third-order valence-corrected chi connectivity index (χ3v) is 6.16. The Bertz CT molecular complexity index is 1350. The van der Waals surface area contributed by atoms with Gasteiger partial charge >= 0.3 is 0 Å². The first-order chi connectivity index (χ1) is 16.0. The molecule has 3 heterocycles. The number of aryl methyl sites for hydroxylation is 1. The van der Waals surface area contributed by atoms with E-state index in [4.69, 9.17) is 10.8 Å². The number of aromatic nitrogens is 4. The molecule has 1 aliphatic carbocycles. The Morgan fingerprint density at radius 2 is 2.06 bits per heavy atom. The number of aromatic amines is 1. The number of fused-ring (bicyclic) bond motifs is 1. The molecule has 4 aromatic rings. The lowest BCUT2D eigenvalue weighted by Crippen LogP contribution is -2.15. The molecule has 33 heavy (non-hydrogen) atoms. The lowest BCUT2D eigenvalue weighted by Gasteiger charge is -2.17. The van der Waals surface area contributed by atoms with Gasteiger partial charge in [0.1, 0.15) is 11.3 Å². The van der Waals surface area contributed by atoms with Gasteiger partial charge in [-0.1, -0.05) is 30.4 Å². The van der Waals surface area contributed by atoms with Crippen LogP contribution in [0.5, 0.6) is 0 Å². The fourth-order valence-electron chi connectivity index (χ4n) is 4.54. The minimum atomic E-state index is 0.324. The van der Waals surface area contributed by atoms with E-state index in [0.29, 0.717) is 5.92 Å². The van der Waals surface area contributed by atoms with Gasteiger partial charge in [-0.15, -0.1) is 0 Å². The Hall–Kier alpha value is -3.64. The summed E-state index contributed by atoms with van der Waals surface area (Å²) in [5.74, 6) is 0.324. The molecule has 6 heteroatoms. The van der Waals surface area contributed by atoms with Gasteiger partial charge in [0.05, 0.1) is 0 Å². The Morgan fingerprint density at radius 3 is 2.79 bits per heavy atom. The molecule has 6 nitrogen and oxygen atoms in total. The van der Waals surface area contributed by atoms with Gasteiger partial charge in [-0.3, -0.25) is 4.68 Å². The maximum Gasteiger partial charge on any atom is 0.138 e. The molecule has 0 saturated carbocycles. The number of nitrogens with two attached hydrogens (primary N) is 1. The summed E-state index contributed by atoms with van der Waals surface area (Å²) in [4.78, 5) is 10.4. The fourth-order valence-corrected chi connectivity index (χ4v) is 4.54. The second-order valence-corrected chi connectivity index (χ2v) is 8.94. The van der Waals surface area contributed by atoms with Crippen molar-refractivity contribution in [2.45, 2.75) is 25.8 Å². The van der Waals surface area contributed by atoms with Crippen LogP contribution in [0.15, 0.2) is 72.6 Å². The largest absolute Gasteiger partial charge is 0.399 e. The van der Waals surface area contributed by atoms with Crippen molar-refractivity contribution in [2.24, 2.45) is 0 Å². The molecule has 5 rings (SSSR count). The van der Waals surface area contributed by atoms with Crippen LogP contribution in [0, 0.1) is 0 Å². The molecule has 0 spiro atoms. The van der Waals surface area contributed by atoms with Crippen LogP contribution >= 0.6 is 0 Å². The van der Waals surface area contributed by atoms with Crippen molar-refractivity contribution in [2.75, 3.05) is 26.4 Å². The first-order valence-electron chi connectivity index (χ1n) is 11.4. The van der Waals surface area contributed by atoms with E-state index in [9.17, 15) is 0 Å². The fraction of sp³-hybridized carbons (Fsp3) is 0.259. The number of nitrogens with zero attached hydrogens (tertiary/aromatic N) is 4. The predicted molar refractivity (Wildman–Crippen MR) is 136 cm³/mol. The normalized spacial score (nSPS) is 16.0. The summed E-state index contributed by atoms with van der Waals surface area (Å²) in [5.41, 5.74) is 14.4. The average Bonchev–Trinajstić information content (AvgIpc) is 3.43. The molecule has 3 N–H and O–H groups in total. The first kappa shape index (κ1) is 21.2. The van der Waals surface area contributed by atoms with Crippen molar-refractivity contribution >= 4 is 16.7 Å². The van der Waals surface area contributed by atoms with E-state index in [1.807, 2.05) is 29.1 Å².